The van der Waals surface area contributed by atoms with Gasteiger partial charge in [0.25, 0.3) is 0 Å². The highest BCUT2D eigenvalue weighted by Gasteiger charge is 2.25. The van der Waals surface area contributed by atoms with Gasteiger partial charge in [-0.05, 0) is 36.8 Å². The summed E-state index contributed by atoms with van der Waals surface area (Å²) in [5.74, 6) is 1.60. The molecule has 2 atom stereocenters. The van der Waals surface area contributed by atoms with Crippen molar-refractivity contribution in [3.8, 4) is 0 Å². The summed E-state index contributed by atoms with van der Waals surface area (Å²) >= 11 is 0. The Bertz CT molecular complexity index is 318. The van der Waals surface area contributed by atoms with Crippen molar-refractivity contribution < 1.29 is 0 Å². The highest BCUT2D eigenvalue weighted by Crippen LogP contribution is 2.37. The second kappa shape index (κ2) is 6.20. The van der Waals surface area contributed by atoms with Crippen LogP contribution in [-0.4, -0.2) is 12.6 Å². The lowest BCUT2D eigenvalue weighted by atomic mass is 9.75. The summed E-state index contributed by atoms with van der Waals surface area (Å²) in [4.78, 5) is 0. The fraction of sp³-hybridized carbons (Fsp3) is 0.625. The van der Waals surface area contributed by atoms with Crippen molar-refractivity contribution in [2.45, 2.75) is 51.5 Å². The summed E-state index contributed by atoms with van der Waals surface area (Å²) < 4.78 is 0. The number of hydrogen-bond acceptors (Lipinski definition) is 1. The Kier molecular flexibility index (Phi) is 4.61. The summed E-state index contributed by atoms with van der Waals surface area (Å²) in [5.41, 5.74) is 1.54. The molecule has 0 aromatic heterocycles. The lowest BCUT2D eigenvalue weighted by molar-refractivity contribution is 0.289. The minimum Gasteiger partial charge on any atom is -0.314 e. The Morgan fingerprint density at radius 3 is 2.53 bits per heavy atom. The SMILES string of the molecule is CC(C)NCC1CCCCC1c1ccccc1. The zero-order valence-electron chi connectivity index (χ0n) is 11.2. The van der Waals surface area contributed by atoms with Gasteiger partial charge in [-0.15, -0.1) is 0 Å². The Morgan fingerprint density at radius 2 is 1.82 bits per heavy atom. The first-order valence-electron chi connectivity index (χ1n) is 7.05. The highest BCUT2D eigenvalue weighted by molar-refractivity contribution is 5.21. The number of nitrogens with one attached hydrogen (secondary N) is 1. The third kappa shape index (κ3) is 3.57. The van der Waals surface area contributed by atoms with E-state index >= 15 is 0 Å². The van der Waals surface area contributed by atoms with Gasteiger partial charge in [0.1, 0.15) is 0 Å². The molecule has 0 bridgehead atoms. The van der Waals surface area contributed by atoms with Crippen LogP contribution in [0.15, 0.2) is 30.3 Å². The van der Waals surface area contributed by atoms with Crippen LogP contribution >= 0.6 is 0 Å². The van der Waals surface area contributed by atoms with E-state index in [1.165, 1.54) is 32.2 Å². The Labute approximate surface area is 106 Å². The van der Waals surface area contributed by atoms with Gasteiger partial charge in [-0.2, -0.15) is 0 Å². The molecular formula is C16H25N. The predicted molar refractivity (Wildman–Crippen MR) is 74.3 cm³/mol. The lowest BCUT2D eigenvalue weighted by Gasteiger charge is -2.32. The molecule has 1 aromatic carbocycles. The van der Waals surface area contributed by atoms with E-state index in [9.17, 15) is 0 Å². The maximum absolute atomic E-state index is 3.61. The number of rotatable bonds is 4. The molecule has 1 aliphatic rings. The van der Waals surface area contributed by atoms with Crippen LogP contribution in [0.2, 0.25) is 0 Å². The van der Waals surface area contributed by atoms with Crippen LogP contribution in [0.25, 0.3) is 0 Å². The third-order valence-corrected chi connectivity index (χ3v) is 3.93. The molecule has 1 aliphatic carbocycles. The van der Waals surface area contributed by atoms with E-state index < -0.39 is 0 Å². The van der Waals surface area contributed by atoms with E-state index in [1.54, 1.807) is 5.56 Å². The van der Waals surface area contributed by atoms with Gasteiger partial charge >= 0.3 is 0 Å². The summed E-state index contributed by atoms with van der Waals surface area (Å²) in [6.45, 7) is 5.65. The molecule has 1 N–H and O–H groups in total. The van der Waals surface area contributed by atoms with E-state index in [-0.39, 0.29) is 0 Å². The largest absolute Gasteiger partial charge is 0.314 e. The Balaban J connectivity index is 2.02. The fourth-order valence-corrected chi connectivity index (χ4v) is 2.98. The van der Waals surface area contributed by atoms with Gasteiger partial charge < -0.3 is 5.32 Å². The van der Waals surface area contributed by atoms with Gasteiger partial charge in [0.05, 0.1) is 0 Å². The van der Waals surface area contributed by atoms with Crippen molar-refractivity contribution in [3.05, 3.63) is 35.9 Å². The molecule has 2 unspecified atom stereocenters. The van der Waals surface area contributed by atoms with Crippen molar-refractivity contribution in [2.24, 2.45) is 5.92 Å². The third-order valence-electron chi connectivity index (χ3n) is 3.93. The van der Waals surface area contributed by atoms with Crippen LogP contribution in [0.5, 0.6) is 0 Å². The minimum absolute atomic E-state index is 0.605. The molecule has 0 aliphatic heterocycles. The fourth-order valence-electron chi connectivity index (χ4n) is 2.98. The Morgan fingerprint density at radius 1 is 1.12 bits per heavy atom. The van der Waals surface area contributed by atoms with E-state index in [0.29, 0.717) is 6.04 Å². The summed E-state index contributed by atoms with van der Waals surface area (Å²) in [7, 11) is 0. The Hall–Kier alpha value is -0.820. The van der Waals surface area contributed by atoms with Gasteiger partial charge in [-0.1, -0.05) is 57.0 Å². The minimum atomic E-state index is 0.605. The maximum atomic E-state index is 3.61. The highest BCUT2D eigenvalue weighted by atomic mass is 14.9. The molecule has 0 amide bonds. The molecule has 0 spiro atoms. The molecule has 0 radical (unpaired) electrons. The molecule has 1 nitrogen and oxygen atoms in total. The van der Waals surface area contributed by atoms with Crippen LogP contribution in [-0.2, 0) is 0 Å². The summed E-state index contributed by atoms with van der Waals surface area (Å²) in [6, 6.07) is 11.7. The van der Waals surface area contributed by atoms with Crippen LogP contribution < -0.4 is 5.32 Å². The average Bonchev–Trinajstić information content (AvgIpc) is 2.38. The topological polar surface area (TPSA) is 12.0 Å². The van der Waals surface area contributed by atoms with Crippen molar-refractivity contribution in [1.82, 2.24) is 5.32 Å². The van der Waals surface area contributed by atoms with Crippen LogP contribution in [0.3, 0.4) is 0 Å². The molecule has 0 saturated heterocycles. The average molecular weight is 231 g/mol. The monoisotopic (exact) mass is 231 g/mol. The molecule has 94 valence electrons. The van der Waals surface area contributed by atoms with E-state index in [4.69, 9.17) is 0 Å². The molecule has 17 heavy (non-hydrogen) atoms. The van der Waals surface area contributed by atoms with E-state index in [0.717, 1.165) is 11.8 Å². The first-order valence-corrected chi connectivity index (χ1v) is 7.05. The second-order valence-corrected chi connectivity index (χ2v) is 5.62. The maximum Gasteiger partial charge on any atom is 0.00104 e. The van der Waals surface area contributed by atoms with Gasteiger partial charge in [0, 0.05) is 6.04 Å². The molecule has 0 heterocycles. The molecule has 1 heteroatoms. The normalized spacial score (nSPS) is 25.1. The second-order valence-electron chi connectivity index (χ2n) is 5.62. The number of benzene rings is 1. The van der Waals surface area contributed by atoms with E-state index in [2.05, 4.69) is 49.5 Å². The van der Waals surface area contributed by atoms with Gasteiger partial charge in [-0.25, -0.2) is 0 Å². The molecule has 2 rings (SSSR count). The van der Waals surface area contributed by atoms with Gasteiger partial charge in [0.15, 0.2) is 0 Å². The predicted octanol–water partition coefficient (Wildman–Crippen LogP) is 3.96. The molecule has 1 fully saturated rings. The van der Waals surface area contributed by atoms with Crippen molar-refractivity contribution in [2.75, 3.05) is 6.54 Å². The lowest BCUT2D eigenvalue weighted by Crippen LogP contribution is -2.33. The standard InChI is InChI=1S/C16H25N/c1-13(2)17-12-15-10-6-7-11-16(15)14-8-4-3-5-9-14/h3-5,8-9,13,15-17H,6-7,10-12H2,1-2H3. The van der Waals surface area contributed by atoms with Crippen LogP contribution in [0, 0.1) is 5.92 Å². The quantitative estimate of drug-likeness (QED) is 0.827. The number of hydrogen-bond donors (Lipinski definition) is 1. The smallest absolute Gasteiger partial charge is 0.00104 e. The van der Waals surface area contributed by atoms with Crippen molar-refractivity contribution in [3.63, 3.8) is 0 Å². The van der Waals surface area contributed by atoms with Crippen LogP contribution in [0.1, 0.15) is 51.0 Å². The van der Waals surface area contributed by atoms with Crippen LogP contribution in [0.4, 0.5) is 0 Å². The van der Waals surface area contributed by atoms with Gasteiger partial charge in [0.2, 0.25) is 0 Å². The summed E-state index contributed by atoms with van der Waals surface area (Å²) in [5, 5.41) is 3.61. The van der Waals surface area contributed by atoms with Crippen molar-refractivity contribution >= 4 is 0 Å². The first-order chi connectivity index (χ1) is 8.27. The van der Waals surface area contributed by atoms with E-state index in [1.807, 2.05) is 0 Å². The van der Waals surface area contributed by atoms with Crippen molar-refractivity contribution in [1.29, 1.82) is 0 Å². The summed E-state index contributed by atoms with van der Waals surface area (Å²) in [6.07, 6.45) is 5.57. The first kappa shape index (κ1) is 12.6. The van der Waals surface area contributed by atoms with Gasteiger partial charge in [-0.3, -0.25) is 0 Å². The zero-order chi connectivity index (χ0) is 12.1. The zero-order valence-corrected chi connectivity index (χ0v) is 11.2. The molecule has 1 aromatic rings. The molecular weight excluding hydrogens is 206 g/mol. The molecule has 1 saturated carbocycles.